The molecule has 0 bridgehead atoms. The van der Waals surface area contributed by atoms with Gasteiger partial charge in [0.15, 0.2) is 0 Å². The lowest BCUT2D eigenvalue weighted by atomic mass is 9.93. The third-order valence-electron chi connectivity index (χ3n) is 3.21. The van der Waals surface area contributed by atoms with Crippen LogP contribution in [0.5, 0.6) is 0 Å². The first-order chi connectivity index (χ1) is 9.90. The van der Waals surface area contributed by atoms with Gasteiger partial charge in [-0.3, -0.25) is 4.68 Å². The number of halogens is 2. The largest absolute Gasteiger partial charge is 0.478 e. The molecule has 1 atom stereocenters. The van der Waals surface area contributed by atoms with Crippen molar-refractivity contribution in [3.63, 3.8) is 0 Å². The molecule has 0 fully saturated rings. The van der Waals surface area contributed by atoms with Crippen LogP contribution in [0.4, 0.5) is 0 Å². The average molecular weight is 342 g/mol. The fourth-order valence-electron chi connectivity index (χ4n) is 2.17. The molecule has 0 aliphatic carbocycles. The molecule has 0 saturated heterocycles. The van der Waals surface area contributed by atoms with Crippen LogP contribution in [0.15, 0.2) is 42.7 Å². The third-order valence-corrected chi connectivity index (χ3v) is 3.52. The normalized spacial score (nSPS) is 11.6. The number of nitrogens with zero attached hydrogens (tertiary/aromatic N) is 2. The molecule has 0 saturated carbocycles. The van der Waals surface area contributed by atoms with Gasteiger partial charge in [0.05, 0.1) is 6.20 Å². The van der Waals surface area contributed by atoms with Gasteiger partial charge in [-0.1, -0.05) is 30.3 Å². The van der Waals surface area contributed by atoms with Gasteiger partial charge in [0.2, 0.25) is 0 Å². The molecule has 22 heavy (non-hydrogen) atoms. The Balaban J connectivity index is 0.00000242. The van der Waals surface area contributed by atoms with Gasteiger partial charge in [-0.05, 0) is 18.1 Å². The Labute approximate surface area is 139 Å². The molecule has 118 valence electrons. The Kier molecular flexibility index (Phi) is 6.17. The van der Waals surface area contributed by atoms with Crippen molar-refractivity contribution in [2.24, 2.45) is 12.8 Å². The molecule has 0 amide bonds. The van der Waals surface area contributed by atoms with Crippen LogP contribution in [0, 0.1) is 0 Å². The van der Waals surface area contributed by atoms with Crippen molar-refractivity contribution in [3.8, 4) is 11.1 Å². The molecule has 2 aromatic rings. The number of hydrogen-bond donors (Lipinski definition) is 2. The highest BCUT2D eigenvalue weighted by atomic mass is 35.5. The molecule has 0 aliphatic heterocycles. The predicted octanol–water partition coefficient (Wildman–Crippen LogP) is 3.19. The van der Waals surface area contributed by atoms with Gasteiger partial charge in [0.25, 0.3) is 0 Å². The molecule has 1 unspecified atom stereocenters. The topological polar surface area (TPSA) is 81.1 Å². The Morgan fingerprint density at radius 2 is 2.23 bits per heavy atom. The number of nitrogens with two attached hydrogens (primary N) is 1. The first-order valence-electron chi connectivity index (χ1n) is 6.34. The SMILES string of the molecule is C=C(CC(N)c1cccc(Cl)c1-c1cnn(C)c1)C(=O)O.Cl. The molecule has 1 heterocycles. The molecule has 0 radical (unpaired) electrons. The third kappa shape index (κ3) is 3.88. The van der Waals surface area contributed by atoms with Crippen LogP contribution in [0.3, 0.4) is 0 Å². The van der Waals surface area contributed by atoms with E-state index in [4.69, 9.17) is 22.4 Å². The van der Waals surface area contributed by atoms with Crippen LogP contribution in [-0.4, -0.2) is 20.9 Å². The zero-order valence-electron chi connectivity index (χ0n) is 12.0. The van der Waals surface area contributed by atoms with E-state index in [0.717, 1.165) is 16.7 Å². The molecular formula is C15H17Cl2N3O2. The van der Waals surface area contributed by atoms with Crippen molar-refractivity contribution in [2.75, 3.05) is 0 Å². The molecule has 1 aromatic heterocycles. The van der Waals surface area contributed by atoms with Crippen molar-refractivity contribution in [2.45, 2.75) is 12.5 Å². The van der Waals surface area contributed by atoms with Crippen LogP contribution in [0.2, 0.25) is 5.02 Å². The van der Waals surface area contributed by atoms with Crippen molar-refractivity contribution in [1.82, 2.24) is 9.78 Å². The second-order valence-electron chi connectivity index (χ2n) is 4.83. The maximum Gasteiger partial charge on any atom is 0.331 e. The van der Waals surface area contributed by atoms with Crippen LogP contribution in [-0.2, 0) is 11.8 Å². The van der Waals surface area contributed by atoms with E-state index >= 15 is 0 Å². The molecule has 1 aromatic carbocycles. The number of carboxylic acid groups (broad SMARTS) is 1. The summed E-state index contributed by atoms with van der Waals surface area (Å²) in [7, 11) is 1.81. The van der Waals surface area contributed by atoms with E-state index < -0.39 is 12.0 Å². The van der Waals surface area contributed by atoms with Crippen molar-refractivity contribution in [3.05, 3.63) is 53.3 Å². The highest BCUT2D eigenvalue weighted by Gasteiger charge is 2.18. The first-order valence-corrected chi connectivity index (χ1v) is 6.72. The fourth-order valence-corrected chi connectivity index (χ4v) is 2.46. The monoisotopic (exact) mass is 341 g/mol. The van der Waals surface area contributed by atoms with Gasteiger partial charge >= 0.3 is 5.97 Å². The standard InChI is InChI=1S/C15H16ClN3O2.ClH/c1-9(15(20)21)6-13(17)11-4-3-5-12(16)14(11)10-7-18-19(2)8-10;/h3-5,7-8,13H,1,6,17H2,2H3,(H,20,21);1H. The smallest absolute Gasteiger partial charge is 0.331 e. The van der Waals surface area contributed by atoms with E-state index in [1.54, 1.807) is 23.0 Å². The Bertz CT molecular complexity index is 698. The molecule has 2 rings (SSSR count). The zero-order chi connectivity index (χ0) is 15.6. The lowest BCUT2D eigenvalue weighted by Gasteiger charge is -2.17. The molecule has 0 aliphatic rings. The minimum atomic E-state index is -1.05. The van der Waals surface area contributed by atoms with Gasteiger partial charge in [-0.15, -0.1) is 12.4 Å². The molecule has 7 heteroatoms. The average Bonchev–Trinajstić information content (AvgIpc) is 2.84. The summed E-state index contributed by atoms with van der Waals surface area (Å²) < 4.78 is 1.67. The number of hydrogen-bond acceptors (Lipinski definition) is 3. The number of carbonyl (C=O) groups is 1. The first kappa shape index (κ1) is 18.2. The summed E-state index contributed by atoms with van der Waals surface area (Å²) in [6.07, 6.45) is 3.69. The van der Waals surface area contributed by atoms with Crippen LogP contribution in [0.25, 0.3) is 11.1 Å². The van der Waals surface area contributed by atoms with Crippen LogP contribution >= 0.6 is 24.0 Å². The fraction of sp³-hybridized carbons (Fsp3) is 0.200. The summed E-state index contributed by atoms with van der Waals surface area (Å²) in [5.41, 5.74) is 8.60. The maximum absolute atomic E-state index is 10.9. The van der Waals surface area contributed by atoms with Crippen LogP contribution in [0.1, 0.15) is 18.0 Å². The zero-order valence-corrected chi connectivity index (χ0v) is 13.6. The van der Waals surface area contributed by atoms with Gasteiger partial charge in [0, 0.05) is 41.0 Å². The molecule has 3 N–H and O–H groups in total. The molecule has 0 spiro atoms. The van der Waals surface area contributed by atoms with E-state index in [-0.39, 0.29) is 24.4 Å². The lowest BCUT2D eigenvalue weighted by molar-refractivity contribution is -0.132. The number of carboxylic acids is 1. The maximum atomic E-state index is 10.9. The number of aliphatic carboxylic acids is 1. The highest BCUT2D eigenvalue weighted by molar-refractivity contribution is 6.33. The molecule has 5 nitrogen and oxygen atoms in total. The van der Waals surface area contributed by atoms with Crippen molar-refractivity contribution in [1.29, 1.82) is 0 Å². The van der Waals surface area contributed by atoms with E-state index in [0.29, 0.717) is 5.02 Å². The number of benzene rings is 1. The second kappa shape index (κ2) is 7.45. The predicted molar refractivity (Wildman–Crippen MR) is 89.2 cm³/mol. The minimum absolute atomic E-state index is 0. The minimum Gasteiger partial charge on any atom is -0.478 e. The van der Waals surface area contributed by atoms with E-state index in [1.165, 1.54) is 0 Å². The summed E-state index contributed by atoms with van der Waals surface area (Å²) in [5.74, 6) is -1.05. The summed E-state index contributed by atoms with van der Waals surface area (Å²) in [4.78, 5) is 10.9. The van der Waals surface area contributed by atoms with E-state index in [9.17, 15) is 4.79 Å². The van der Waals surface area contributed by atoms with Gasteiger partial charge in [-0.25, -0.2) is 4.79 Å². The Hall–Kier alpha value is -1.82. The van der Waals surface area contributed by atoms with Crippen LogP contribution < -0.4 is 5.73 Å². The summed E-state index contributed by atoms with van der Waals surface area (Å²) in [6, 6.07) is 4.91. The highest BCUT2D eigenvalue weighted by Crippen LogP contribution is 2.35. The Morgan fingerprint density at radius 3 is 2.77 bits per heavy atom. The van der Waals surface area contributed by atoms with E-state index in [1.807, 2.05) is 19.3 Å². The van der Waals surface area contributed by atoms with Gasteiger partial charge < -0.3 is 10.8 Å². The quantitative estimate of drug-likeness (QED) is 0.818. The van der Waals surface area contributed by atoms with Gasteiger partial charge in [0.1, 0.15) is 0 Å². The lowest BCUT2D eigenvalue weighted by Crippen LogP contribution is -2.15. The molecular weight excluding hydrogens is 325 g/mol. The van der Waals surface area contributed by atoms with Crippen molar-refractivity contribution < 1.29 is 9.90 Å². The Morgan fingerprint density at radius 1 is 1.55 bits per heavy atom. The number of aromatic nitrogens is 2. The summed E-state index contributed by atoms with van der Waals surface area (Å²) >= 11 is 6.29. The summed E-state index contributed by atoms with van der Waals surface area (Å²) in [6.45, 7) is 3.52. The summed E-state index contributed by atoms with van der Waals surface area (Å²) in [5, 5.41) is 13.6. The van der Waals surface area contributed by atoms with Crippen molar-refractivity contribution >= 4 is 30.0 Å². The second-order valence-corrected chi connectivity index (χ2v) is 5.23. The number of rotatable bonds is 5. The van der Waals surface area contributed by atoms with Gasteiger partial charge in [-0.2, -0.15) is 5.10 Å². The number of aryl methyl sites for hydroxylation is 1. The van der Waals surface area contributed by atoms with E-state index in [2.05, 4.69) is 11.7 Å².